The van der Waals surface area contributed by atoms with Crippen LogP contribution in [-0.2, 0) is 11.3 Å². The van der Waals surface area contributed by atoms with Gasteiger partial charge in [0.05, 0.1) is 46.6 Å². The minimum absolute atomic E-state index is 0.169. The summed E-state index contributed by atoms with van der Waals surface area (Å²) in [5.74, 6) is 1.29. The molecule has 1 aliphatic heterocycles. The molecule has 0 bridgehead atoms. The van der Waals surface area contributed by atoms with Gasteiger partial charge in [-0.15, -0.1) is 11.3 Å². The third-order valence-corrected chi connectivity index (χ3v) is 7.55. The number of thiophene rings is 1. The summed E-state index contributed by atoms with van der Waals surface area (Å²) in [6.07, 6.45) is 2.74. The van der Waals surface area contributed by atoms with Crippen molar-refractivity contribution in [2.24, 2.45) is 0 Å². The first-order valence-corrected chi connectivity index (χ1v) is 13.0. The maximum absolute atomic E-state index is 11.6. The van der Waals surface area contributed by atoms with Crippen LogP contribution in [0.5, 0.6) is 0 Å². The van der Waals surface area contributed by atoms with E-state index in [2.05, 4.69) is 30.9 Å². The number of imidazole rings is 1. The first-order valence-electron chi connectivity index (χ1n) is 11.8. The molecule has 0 spiro atoms. The Bertz CT molecular complexity index is 1690. The lowest BCUT2D eigenvalue weighted by Crippen LogP contribution is -2.36. The van der Waals surface area contributed by atoms with E-state index < -0.39 is 5.91 Å². The van der Waals surface area contributed by atoms with E-state index in [9.17, 15) is 4.79 Å². The standard InChI is InChI=1S/C24H23N9O3S2/c1-32(23-25-10-13(11-26-23)22(34)31-35)12-14-9-17-19(38-14)21(33-5-7-36-8-6-33)30-20(27-17)15-3-2-4-16-18(15)29-24(37)28-16/h2-4,9-11,35H,5-8,12H2,1H3,(H,31,34)(H2,28,29,37). The average molecular weight is 550 g/mol. The zero-order chi connectivity index (χ0) is 26.2. The van der Waals surface area contributed by atoms with Crippen molar-refractivity contribution >= 4 is 62.5 Å². The van der Waals surface area contributed by atoms with Crippen LogP contribution in [0.2, 0.25) is 0 Å². The molecule has 0 radical (unpaired) electrons. The number of aromatic amines is 2. The largest absolute Gasteiger partial charge is 0.378 e. The minimum Gasteiger partial charge on any atom is -0.378 e. The van der Waals surface area contributed by atoms with Gasteiger partial charge in [0, 0.05) is 43.0 Å². The molecule has 1 amide bonds. The second-order valence-electron chi connectivity index (χ2n) is 8.77. The third kappa shape index (κ3) is 4.58. The molecule has 14 heteroatoms. The monoisotopic (exact) mass is 549 g/mol. The lowest BCUT2D eigenvalue weighted by molar-refractivity contribution is 0.0705. The molecule has 4 aromatic heterocycles. The zero-order valence-corrected chi connectivity index (χ0v) is 21.9. The summed E-state index contributed by atoms with van der Waals surface area (Å²) >= 11 is 6.95. The highest BCUT2D eigenvalue weighted by Gasteiger charge is 2.22. The predicted octanol–water partition coefficient (Wildman–Crippen LogP) is 3.28. The molecular formula is C24H23N9O3S2. The van der Waals surface area contributed by atoms with Gasteiger partial charge in [0.15, 0.2) is 16.4 Å². The van der Waals surface area contributed by atoms with Crippen LogP contribution >= 0.6 is 23.6 Å². The Kier molecular flexibility index (Phi) is 6.45. The van der Waals surface area contributed by atoms with Crippen LogP contribution in [0.1, 0.15) is 15.2 Å². The van der Waals surface area contributed by atoms with E-state index in [1.165, 1.54) is 12.4 Å². The average Bonchev–Trinajstić information content (AvgIpc) is 3.54. The van der Waals surface area contributed by atoms with Gasteiger partial charge in [0.1, 0.15) is 0 Å². The number of aromatic nitrogens is 6. The number of benzene rings is 1. The number of rotatable bonds is 6. The Balaban J connectivity index is 1.39. The number of nitrogens with zero attached hydrogens (tertiary/aromatic N) is 6. The van der Waals surface area contributed by atoms with Crippen molar-refractivity contribution < 1.29 is 14.7 Å². The SMILES string of the molecule is CN(Cc1cc2nc(-c3cccc4[nH]c(=S)[nH]c34)nc(N3CCOCC3)c2s1)c1ncc(C(=O)NO)cn1. The Morgan fingerprint density at radius 3 is 2.79 bits per heavy atom. The number of hydroxylamine groups is 1. The fraction of sp³-hybridized carbons (Fsp3) is 0.250. The molecule has 0 unspecified atom stereocenters. The van der Waals surface area contributed by atoms with Crippen LogP contribution in [0.4, 0.5) is 11.8 Å². The zero-order valence-electron chi connectivity index (χ0n) is 20.3. The van der Waals surface area contributed by atoms with E-state index in [4.69, 9.17) is 32.1 Å². The molecule has 12 nitrogen and oxygen atoms in total. The second kappa shape index (κ2) is 10.1. The van der Waals surface area contributed by atoms with E-state index in [0.717, 1.165) is 50.6 Å². The van der Waals surface area contributed by atoms with Crippen LogP contribution in [0.3, 0.4) is 0 Å². The molecule has 5 aromatic rings. The van der Waals surface area contributed by atoms with Crippen LogP contribution < -0.4 is 15.3 Å². The predicted molar refractivity (Wildman–Crippen MR) is 146 cm³/mol. The molecule has 1 saturated heterocycles. The molecule has 0 saturated carbocycles. The van der Waals surface area contributed by atoms with Crippen molar-refractivity contribution in [1.82, 2.24) is 35.4 Å². The van der Waals surface area contributed by atoms with Gasteiger partial charge in [0.25, 0.3) is 5.91 Å². The lowest BCUT2D eigenvalue weighted by Gasteiger charge is -2.28. The molecule has 1 aromatic carbocycles. The highest BCUT2D eigenvalue weighted by molar-refractivity contribution is 7.71. The van der Waals surface area contributed by atoms with Gasteiger partial charge in [-0.2, -0.15) is 0 Å². The molecule has 1 fully saturated rings. The van der Waals surface area contributed by atoms with Gasteiger partial charge >= 0.3 is 0 Å². The molecular weight excluding hydrogens is 526 g/mol. The Hall–Kier alpha value is -3.98. The quantitative estimate of drug-likeness (QED) is 0.141. The van der Waals surface area contributed by atoms with Gasteiger partial charge in [-0.3, -0.25) is 10.0 Å². The smallest absolute Gasteiger partial charge is 0.277 e. The fourth-order valence-electron chi connectivity index (χ4n) is 4.40. The highest BCUT2D eigenvalue weighted by atomic mass is 32.1. The molecule has 0 atom stereocenters. The summed E-state index contributed by atoms with van der Waals surface area (Å²) in [6, 6.07) is 7.99. The van der Waals surface area contributed by atoms with Gasteiger partial charge in [-0.1, -0.05) is 6.07 Å². The molecule has 38 heavy (non-hydrogen) atoms. The first-order chi connectivity index (χ1) is 18.5. The summed E-state index contributed by atoms with van der Waals surface area (Å²) in [5.41, 5.74) is 5.25. The number of H-pyrrole nitrogens is 2. The Morgan fingerprint density at radius 1 is 1.24 bits per heavy atom. The topological polar surface area (TPSA) is 148 Å². The van der Waals surface area contributed by atoms with Crippen molar-refractivity contribution in [2.75, 3.05) is 43.2 Å². The number of para-hydroxylation sites is 1. The number of nitrogens with one attached hydrogen (secondary N) is 3. The van der Waals surface area contributed by atoms with Gasteiger partial charge in [-0.05, 0) is 30.4 Å². The van der Waals surface area contributed by atoms with Crippen molar-refractivity contribution in [2.45, 2.75) is 6.54 Å². The van der Waals surface area contributed by atoms with Crippen LogP contribution in [0.15, 0.2) is 36.7 Å². The summed E-state index contributed by atoms with van der Waals surface area (Å²) in [7, 11) is 1.88. The molecule has 194 valence electrons. The van der Waals surface area contributed by atoms with Crippen LogP contribution in [0, 0.1) is 4.77 Å². The van der Waals surface area contributed by atoms with E-state index in [1.54, 1.807) is 16.8 Å². The number of morpholine rings is 1. The van der Waals surface area contributed by atoms with Gasteiger partial charge in [-0.25, -0.2) is 25.4 Å². The molecule has 1 aliphatic rings. The van der Waals surface area contributed by atoms with Crippen LogP contribution in [-0.4, -0.2) is 74.4 Å². The number of ether oxygens (including phenoxy) is 1. The number of fused-ring (bicyclic) bond motifs is 2. The maximum atomic E-state index is 11.6. The Labute approximate surface area is 225 Å². The van der Waals surface area contributed by atoms with Crippen molar-refractivity contribution in [1.29, 1.82) is 0 Å². The van der Waals surface area contributed by atoms with Crippen molar-refractivity contribution in [3.05, 3.63) is 51.9 Å². The van der Waals surface area contributed by atoms with Crippen molar-refractivity contribution in [3.8, 4) is 11.4 Å². The lowest BCUT2D eigenvalue weighted by atomic mass is 10.1. The summed E-state index contributed by atoms with van der Waals surface area (Å²) in [5, 5.41) is 8.80. The number of carbonyl (C=O) groups excluding carboxylic acids is 1. The maximum Gasteiger partial charge on any atom is 0.277 e. The summed E-state index contributed by atoms with van der Waals surface area (Å²) < 4.78 is 7.14. The number of hydrogen-bond donors (Lipinski definition) is 4. The van der Waals surface area contributed by atoms with E-state index in [1.807, 2.05) is 30.1 Å². The minimum atomic E-state index is -0.661. The van der Waals surface area contributed by atoms with E-state index >= 15 is 0 Å². The first kappa shape index (κ1) is 24.4. The van der Waals surface area contributed by atoms with Gasteiger partial charge < -0.3 is 24.5 Å². The molecule has 5 heterocycles. The molecule has 4 N–H and O–H groups in total. The number of hydrogen-bond acceptors (Lipinski definition) is 11. The number of amides is 1. The normalized spacial score (nSPS) is 13.8. The van der Waals surface area contributed by atoms with E-state index in [0.29, 0.717) is 36.3 Å². The Morgan fingerprint density at radius 2 is 2.03 bits per heavy atom. The number of carbonyl (C=O) groups is 1. The third-order valence-electron chi connectivity index (χ3n) is 6.24. The highest BCUT2D eigenvalue weighted by Crippen LogP contribution is 2.36. The van der Waals surface area contributed by atoms with E-state index in [-0.39, 0.29) is 5.56 Å². The number of anilines is 2. The van der Waals surface area contributed by atoms with Gasteiger partial charge in [0.2, 0.25) is 5.95 Å². The van der Waals surface area contributed by atoms with Crippen molar-refractivity contribution in [3.63, 3.8) is 0 Å². The second-order valence-corrected chi connectivity index (χ2v) is 10.3. The van der Waals surface area contributed by atoms with Crippen LogP contribution in [0.25, 0.3) is 32.6 Å². The fourth-order valence-corrected chi connectivity index (χ4v) is 5.78. The molecule has 6 rings (SSSR count). The summed E-state index contributed by atoms with van der Waals surface area (Å²) in [6.45, 7) is 3.31. The summed E-state index contributed by atoms with van der Waals surface area (Å²) in [4.78, 5) is 41.7. The molecule has 0 aliphatic carbocycles.